The van der Waals surface area contributed by atoms with Gasteiger partial charge < -0.3 is 0 Å². The molecule has 0 bridgehead atoms. The average molecular weight is 580 g/mol. The van der Waals surface area contributed by atoms with Crippen molar-refractivity contribution in [2.24, 2.45) is 7.05 Å². The topological polar surface area (TPSA) is 8.81 Å². The number of aromatic nitrogens is 2. The van der Waals surface area contributed by atoms with Crippen LogP contribution in [-0.2, 0) is 13.6 Å². The Morgan fingerprint density at radius 1 is 0.714 bits per heavy atom. The third kappa shape index (κ3) is 4.89. The predicted octanol–water partition coefficient (Wildman–Crippen LogP) is 7.93. The second kappa shape index (κ2) is 9.39. The van der Waals surface area contributed by atoms with Crippen LogP contribution >= 0.6 is 7.22 Å². The molecule has 0 fully saturated rings. The number of aryl methyl sites for hydroxylation is 2. The van der Waals surface area contributed by atoms with Gasteiger partial charge in [0.2, 0.25) is 0 Å². The van der Waals surface area contributed by atoms with Crippen molar-refractivity contribution in [3.05, 3.63) is 18.2 Å². The fourth-order valence-corrected chi connectivity index (χ4v) is 5.18. The molecule has 1 aromatic heterocycles. The number of nitrogens with zero attached hydrogens (tertiary/aromatic N) is 2. The molecule has 20 heteroatoms. The minimum absolute atomic E-state index is 1.16. The van der Waals surface area contributed by atoms with Crippen LogP contribution in [0.2, 0.25) is 0 Å². The molecule has 0 radical (unpaired) electrons. The van der Waals surface area contributed by atoms with Crippen LogP contribution in [0.25, 0.3) is 0 Å². The molecular formula is C15H18F17N2P. The van der Waals surface area contributed by atoms with Crippen LogP contribution in [0.4, 0.5) is 74.3 Å². The summed E-state index contributed by atoms with van der Waals surface area (Å²) in [5.74, 6) is 1.33. The Hall–Kier alpha value is -1.55. The first kappa shape index (κ1) is 33.4. The summed E-state index contributed by atoms with van der Waals surface area (Å²) in [7, 11) is -11.0. The number of halogens is 17. The molecular weight excluding hydrogens is 562 g/mol. The van der Waals surface area contributed by atoms with Crippen molar-refractivity contribution < 1.29 is 78.8 Å². The van der Waals surface area contributed by atoms with Gasteiger partial charge in [-0.25, -0.2) is 9.13 Å². The van der Waals surface area contributed by atoms with Crippen LogP contribution < -0.4 is 4.57 Å². The molecule has 2 nitrogen and oxygen atoms in total. The number of unbranched alkanes of at least 4 members (excludes halogenated alkanes) is 1. The van der Waals surface area contributed by atoms with Crippen molar-refractivity contribution in [3.8, 4) is 0 Å². The quantitative estimate of drug-likeness (QED) is 0.184. The van der Waals surface area contributed by atoms with E-state index in [-0.39, 0.29) is 0 Å². The number of rotatable bonds is 6. The molecule has 0 aromatic carbocycles. The molecule has 0 unspecified atom stereocenters. The van der Waals surface area contributed by atoms with Crippen LogP contribution in [0.15, 0.2) is 12.4 Å². The zero-order valence-corrected chi connectivity index (χ0v) is 18.6. The van der Waals surface area contributed by atoms with Crippen molar-refractivity contribution in [2.75, 3.05) is 0 Å². The van der Waals surface area contributed by atoms with Gasteiger partial charge in [0, 0.05) is 6.92 Å². The van der Waals surface area contributed by atoms with Crippen LogP contribution in [0.1, 0.15) is 25.6 Å². The fraction of sp³-hybridized carbons (Fsp3) is 0.800. The van der Waals surface area contributed by atoms with Crippen molar-refractivity contribution >= 4 is 7.22 Å². The Morgan fingerprint density at radius 3 is 1.23 bits per heavy atom. The molecule has 0 saturated carbocycles. The van der Waals surface area contributed by atoms with Gasteiger partial charge in [-0.3, -0.25) is 0 Å². The third-order valence-corrected chi connectivity index (χ3v) is 9.03. The summed E-state index contributed by atoms with van der Waals surface area (Å²) in [4.78, 5) is 0. The summed E-state index contributed by atoms with van der Waals surface area (Å²) >= 11 is 0. The first-order valence-corrected chi connectivity index (χ1v) is 11.2. The first-order valence-electron chi connectivity index (χ1n) is 8.98. The zero-order chi connectivity index (χ0) is 28.7. The van der Waals surface area contributed by atoms with Gasteiger partial charge in [0.25, 0.3) is 5.82 Å². The number of alkyl halides is 15. The summed E-state index contributed by atoms with van der Waals surface area (Å²) in [6.07, 6.45) is -18.1. The molecule has 1 rings (SSSR count). The van der Waals surface area contributed by atoms with Crippen molar-refractivity contribution in [3.63, 3.8) is 0 Å². The van der Waals surface area contributed by atoms with Crippen molar-refractivity contribution in [1.82, 2.24) is 4.57 Å². The van der Waals surface area contributed by atoms with E-state index >= 15 is 0 Å². The number of hydrogen-bond donors (Lipinski definition) is 0. The van der Waals surface area contributed by atoms with Crippen LogP contribution in [0, 0.1) is 6.92 Å². The predicted molar refractivity (Wildman–Crippen MR) is 88.8 cm³/mol. The molecule has 0 aliphatic carbocycles. The monoisotopic (exact) mass is 580 g/mol. The van der Waals surface area contributed by atoms with Gasteiger partial charge in [0.1, 0.15) is 12.4 Å². The maximum atomic E-state index is 13.4. The molecule has 0 atom stereocenters. The molecule has 35 heavy (non-hydrogen) atoms. The van der Waals surface area contributed by atoms with E-state index in [9.17, 15) is 74.3 Å². The zero-order valence-electron chi connectivity index (χ0n) is 17.6. The Balaban J connectivity index is 0.000000867. The van der Waals surface area contributed by atoms with Gasteiger partial charge in [0.05, 0.1) is 13.6 Å². The molecule has 0 N–H and O–H groups in total. The van der Waals surface area contributed by atoms with Crippen molar-refractivity contribution in [1.29, 1.82) is 0 Å². The average Bonchev–Trinajstić information content (AvgIpc) is 2.95. The van der Waals surface area contributed by atoms with E-state index in [0.717, 1.165) is 6.54 Å². The number of hydrogen-bond acceptors (Lipinski definition) is 0. The molecule has 0 saturated heterocycles. The number of imidazole rings is 1. The van der Waals surface area contributed by atoms with Crippen LogP contribution in [0.3, 0.4) is 0 Å². The summed E-state index contributed by atoms with van der Waals surface area (Å²) in [5, 5.41) is 0. The molecule has 1 aromatic rings. The van der Waals surface area contributed by atoms with Gasteiger partial charge in [-0.2, -0.15) is 0 Å². The molecule has 0 aliphatic rings. The van der Waals surface area contributed by atoms with Gasteiger partial charge >= 0.3 is 117 Å². The fourth-order valence-electron chi connectivity index (χ4n) is 2.50. The summed E-state index contributed by atoms with van der Waals surface area (Å²) in [5.41, 5.74) is -27.0. The Labute approximate surface area is 185 Å². The van der Waals surface area contributed by atoms with Gasteiger partial charge in [0.15, 0.2) is 0 Å². The van der Waals surface area contributed by atoms with Crippen LogP contribution in [-0.4, -0.2) is 40.1 Å². The van der Waals surface area contributed by atoms with Gasteiger partial charge in [-0.1, -0.05) is 13.3 Å². The standard InChI is InChI=1S/C9H17N2.C6HF17P/c1-4-5-6-11-8-7-10(3)9(11)2;7-1(8,9)4(16,17)24(22,23,5(18,19)2(10,11)12)6(20,21)3(13,14)15/h7-8H,4-6H2,1-3H3;24H/q+1;-1. The van der Waals surface area contributed by atoms with E-state index < -0.39 is 42.7 Å². The second-order valence-electron chi connectivity index (χ2n) is 7.23. The van der Waals surface area contributed by atoms with E-state index in [1.165, 1.54) is 18.7 Å². The van der Waals surface area contributed by atoms with E-state index in [2.05, 4.69) is 42.4 Å². The Morgan fingerprint density at radius 2 is 1.03 bits per heavy atom. The molecule has 0 spiro atoms. The summed E-state index contributed by atoms with van der Waals surface area (Å²) < 4.78 is 213. The van der Waals surface area contributed by atoms with Gasteiger partial charge in [-0.05, 0) is 6.42 Å². The Kier molecular flexibility index (Phi) is 8.98. The Bertz CT molecular complexity index is 791. The molecule has 0 aliphatic heterocycles. The van der Waals surface area contributed by atoms with E-state index in [4.69, 9.17) is 0 Å². The molecule has 212 valence electrons. The van der Waals surface area contributed by atoms with E-state index in [1.54, 1.807) is 0 Å². The normalized spacial score (nSPS) is 15.8. The van der Waals surface area contributed by atoms with Crippen molar-refractivity contribution in [2.45, 2.75) is 68.8 Å². The SMILES string of the molecule is CCCCn1cc[n+](C)c1C.FC(F)(F)C(F)(F)[PH-](F)(F)(C(F)(F)C(F)(F)F)C(F)(F)C(F)(F)F. The minimum atomic E-state index is -13.1. The maximum absolute atomic E-state index is 13.4. The van der Waals surface area contributed by atoms with E-state index in [0.29, 0.717) is 0 Å². The third-order valence-electron chi connectivity index (χ3n) is 4.87. The second-order valence-corrected chi connectivity index (χ2v) is 11.1. The van der Waals surface area contributed by atoms with E-state index in [1.807, 2.05) is 0 Å². The van der Waals surface area contributed by atoms with Gasteiger partial charge in [-0.15, -0.1) is 0 Å². The molecule has 0 amide bonds. The first-order chi connectivity index (χ1) is 15.1. The van der Waals surface area contributed by atoms with Crippen LogP contribution in [0.5, 0.6) is 0 Å². The molecule has 1 heterocycles. The summed E-state index contributed by atoms with van der Waals surface area (Å²) in [6, 6.07) is 0. The summed E-state index contributed by atoms with van der Waals surface area (Å²) in [6.45, 7) is 5.53.